The molecule has 4 aliphatic rings. The molecule has 3 aromatic rings. The number of nitrogens with zero attached hydrogens (tertiary/aromatic N) is 2. The molecular weight excluding hydrogens is 479 g/mol. The number of anilines is 1. The molecule has 0 radical (unpaired) electrons. The Morgan fingerprint density at radius 3 is 1.68 bits per heavy atom. The third kappa shape index (κ3) is 2.28. The highest BCUT2D eigenvalue weighted by atomic mass is 35.5. The van der Waals surface area contributed by atoms with Crippen LogP contribution in [0.3, 0.4) is 0 Å². The highest BCUT2D eigenvalue weighted by Gasteiger charge is 2.73. The van der Waals surface area contributed by atoms with E-state index in [1.807, 2.05) is 48.5 Å². The molecule has 2 atom stereocenters. The molecular formula is C25H16Cl2N2O5. The van der Waals surface area contributed by atoms with Gasteiger partial charge < -0.3 is 4.74 Å². The smallest absolute Gasteiger partial charge is 0.273 e. The SMILES string of the molecule is COc1cc([N+](=O)[O-])ccc1N1C(=O)[C@H]2[C@H](C1=O)C1(Cl)c3ccccc3C2(Cl)c2ccccc21. The Bertz CT molecular complexity index is 1320. The number of amides is 2. The number of hydrogen-bond acceptors (Lipinski definition) is 5. The van der Waals surface area contributed by atoms with Gasteiger partial charge in [0, 0.05) is 6.07 Å². The fourth-order valence-electron chi connectivity index (χ4n) is 5.87. The topological polar surface area (TPSA) is 89.8 Å². The second-order valence-corrected chi connectivity index (χ2v) is 9.79. The van der Waals surface area contributed by atoms with Gasteiger partial charge in [0.1, 0.15) is 15.5 Å². The summed E-state index contributed by atoms with van der Waals surface area (Å²) in [4.78, 5) is 37.0. The van der Waals surface area contributed by atoms with Crippen molar-refractivity contribution in [1.29, 1.82) is 0 Å². The fourth-order valence-corrected chi connectivity index (χ4v) is 6.97. The zero-order chi connectivity index (χ0) is 24.0. The van der Waals surface area contributed by atoms with E-state index in [1.54, 1.807) is 0 Å². The summed E-state index contributed by atoms with van der Waals surface area (Å²) in [5.74, 6) is -2.95. The molecule has 3 aliphatic carbocycles. The van der Waals surface area contributed by atoms with Crippen molar-refractivity contribution < 1.29 is 19.2 Å². The van der Waals surface area contributed by atoms with E-state index < -0.39 is 38.3 Å². The van der Waals surface area contributed by atoms with Crippen molar-refractivity contribution in [2.24, 2.45) is 11.8 Å². The number of halogens is 2. The molecule has 0 unspecified atom stereocenters. The van der Waals surface area contributed by atoms with Crippen LogP contribution in [-0.2, 0) is 19.3 Å². The molecule has 0 aromatic heterocycles. The van der Waals surface area contributed by atoms with E-state index in [0.717, 1.165) is 4.90 Å². The number of methoxy groups -OCH3 is 1. The van der Waals surface area contributed by atoms with Crippen LogP contribution in [0.2, 0.25) is 0 Å². The minimum absolute atomic E-state index is 0.0316. The number of carbonyl (C=O) groups excluding carboxylic acids is 2. The Balaban J connectivity index is 1.61. The molecule has 7 rings (SSSR count). The first-order chi connectivity index (χ1) is 16.3. The number of carbonyl (C=O) groups is 2. The van der Waals surface area contributed by atoms with Gasteiger partial charge in [-0.15, -0.1) is 23.2 Å². The van der Waals surface area contributed by atoms with Crippen molar-refractivity contribution in [2.75, 3.05) is 12.0 Å². The summed E-state index contributed by atoms with van der Waals surface area (Å²) in [6.07, 6.45) is 0. The van der Waals surface area contributed by atoms with Gasteiger partial charge in [-0.05, 0) is 28.3 Å². The van der Waals surface area contributed by atoms with Crippen LogP contribution < -0.4 is 9.64 Å². The number of alkyl halides is 2. The molecule has 0 N–H and O–H groups in total. The van der Waals surface area contributed by atoms with E-state index in [4.69, 9.17) is 27.9 Å². The van der Waals surface area contributed by atoms with Crippen molar-refractivity contribution in [1.82, 2.24) is 0 Å². The van der Waals surface area contributed by atoms with E-state index in [-0.39, 0.29) is 17.1 Å². The lowest BCUT2D eigenvalue weighted by atomic mass is 9.54. The summed E-state index contributed by atoms with van der Waals surface area (Å²) in [6, 6.07) is 18.5. The summed E-state index contributed by atoms with van der Waals surface area (Å²) in [5, 5.41) is 11.2. The van der Waals surface area contributed by atoms with Crippen LogP contribution in [0.15, 0.2) is 66.7 Å². The van der Waals surface area contributed by atoms with Crippen LogP contribution >= 0.6 is 23.2 Å². The van der Waals surface area contributed by atoms with Gasteiger partial charge in [-0.1, -0.05) is 48.5 Å². The Kier molecular flexibility index (Phi) is 4.23. The Morgan fingerprint density at radius 2 is 1.29 bits per heavy atom. The molecule has 1 aliphatic heterocycles. The van der Waals surface area contributed by atoms with E-state index in [2.05, 4.69) is 0 Å². The molecule has 7 nitrogen and oxygen atoms in total. The lowest BCUT2D eigenvalue weighted by molar-refractivity contribution is -0.384. The first-order valence-electron chi connectivity index (χ1n) is 10.5. The van der Waals surface area contributed by atoms with Gasteiger partial charge >= 0.3 is 0 Å². The van der Waals surface area contributed by atoms with Crippen molar-refractivity contribution in [3.63, 3.8) is 0 Å². The molecule has 1 saturated heterocycles. The number of rotatable bonds is 3. The zero-order valence-electron chi connectivity index (χ0n) is 17.7. The van der Waals surface area contributed by atoms with Gasteiger partial charge in [0.2, 0.25) is 11.8 Å². The number of nitro groups is 1. The minimum Gasteiger partial charge on any atom is -0.494 e. The Morgan fingerprint density at radius 1 is 0.853 bits per heavy atom. The van der Waals surface area contributed by atoms with Gasteiger partial charge in [0.05, 0.1) is 35.6 Å². The number of ether oxygens (including phenoxy) is 1. The maximum absolute atomic E-state index is 14.0. The average molecular weight is 495 g/mol. The van der Waals surface area contributed by atoms with Crippen molar-refractivity contribution >= 4 is 46.4 Å². The standard InChI is InChI=1S/C25H16Cl2N2O5/c1-34-19-12-13(29(32)33)10-11-18(19)28-22(30)20-21(23(28)31)25(27)15-7-3-2-6-14(15)24(20,26)16-8-4-5-9-17(16)25/h2-12,20-21H,1H3/t20-,21-,24?,25?/m1/s1. The van der Waals surface area contributed by atoms with Crippen molar-refractivity contribution in [2.45, 2.75) is 9.75 Å². The van der Waals surface area contributed by atoms with Crippen LogP contribution in [0.25, 0.3) is 0 Å². The summed E-state index contributed by atoms with van der Waals surface area (Å²) >= 11 is 14.8. The molecule has 1 fully saturated rings. The van der Waals surface area contributed by atoms with Gasteiger partial charge in [0.15, 0.2) is 0 Å². The van der Waals surface area contributed by atoms with Gasteiger partial charge in [-0.3, -0.25) is 19.7 Å². The Hall–Kier alpha value is -3.42. The maximum atomic E-state index is 14.0. The highest BCUT2D eigenvalue weighted by Crippen LogP contribution is 2.69. The normalized spacial score (nSPS) is 28.4. The molecule has 9 heteroatoms. The fraction of sp³-hybridized carbons (Fsp3) is 0.200. The van der Waals surface area contributed by atoms with Crippen LogP contribution in [-0.4, -0.2) is 23.8 Å². The predicted octanol–water partition coefficient (Wildman–Crippen LogP) is 4.70. The van der Waals surface area contributed by atoms with Crippen LogP contribution in [0.4, 0.5) is 11.4 Å². The highest BCUT2D eigenvalue weighted by molar-refractivity contribution is 6.38. The molecule has 0 spiro atoms. The van der Waals surface area contributed by atoms with Crippen LogP contribution in [0.1, 0.15) is 22.3 Å². The molecule has 3 aromatic carbocycles. The lowest BCUT2D eigenvalue weighted by Crippen LogP contribution is -2.57. The number of hydrogen-bond donors (Lipinski definition) is 0. The van der Waals surface area contributed by atoms with Crippen molar-refractivity contribution in [3.8, 4) is 5.75 Å². The number of non-ortho nitro benzene ring substituents is 1. The third-order valence-electron chi connectivity index (χ3n) is 7.20. The first-order valence-corrected chi connectivity index (χ1v) is 11.3. The summed E-state index contributed by atoms with van der Waals surface area (Å²) in [5.41, 5.74) is 2.69. The molecule has 2 amide bonds. The van der Waals surface area contributed by atoms with E-state index in [0.29, 0.717) is 22.3 Å². The number of benzene rings is 3. The first kappa shape index (κ1) is 21.1. The zero-order valence-corrected chi connectivity index (χ0v) is 19.2. The van der Waals surface area contributed by atoms with Crippen LogP contribution in [0.5, 0.6) is 5.75 Å². The van der Waals surface area contributed by atoms with Gasteiger partial charge in [-0.2, -0.15) is 0 Å². The second-order valence-electron chi connectivity index (χ2n) is 8.60. The number of imide groups is 1. The molecule has 1 heterocycles. The molecule has 170 valence electrons. The summed E-state index contributed by atoms with van der Waals surface area (Å²) in [6.45, 7) is 0. The van der Waals surface area contributed by atoms with Crippen LogP contribution in [0, 0.1) is 22.0 Å². The van der Waals surface area contributed by atoms with E-state index in [1.165, 1.54) is 25.3 Å². The van der Waals surface area contributed by atoms with Gasteiger partial charge in [-0.25, -0.2) is 4.90 Å². The van der Waals surface area contributed by atoms with E-state index >= 15 is 0 Å². The van der Waals surface area contributed by atoms with Gasteiger partial charge in [0.25, 0.3) is 5.69 Å². The molecule has 2 bridgehead atoms. The summed E-state index contributed by atoms with van der Waals surface area (Å²) in [7, 11) is 1.32. The largest absolute Gasteiger partial charge is 0.494 e. The Labute approximate surface area is 204 Å². The minimum atomic E-state index is -1.30. The van der Waals surface area contributed by atoms with E-state index in [9.17, 15) is 19.7 Å². The lowest BCUT2D eigenvalue weighted by Gasteiger charge is -2.54. The third-order valence-corrected chi connectivity index (χ3v) is 8.48. The maximum Gasteiger partial charge on any atom is 0.273 e. The van der Waals surface area contributed by atoms with Crippen molar-refractivity contribution in [3.05, 3.63) is 99.1 Å². The second kappa shape index (κ2) is 6.81. The average Bonchev–Trinajstić information content (AvgIpc) is 3.13. The quantitative estimate of drug-likeness (QED) is 0.228. The molecule has 34 heavy (non-hydrogen) atoms. The monoisotopic (exact) mass is 494 g/mol. The number of nitro benzene ring substituents is 1. The summed E-state index contributed by atoms with van der Waals surface area (Å²) < 4.78 is 5.33. The molecule has 0 saturated carbocycles. The predicted molar refractivity (Wildman–Crippen MR) is 125 cm³/mol.